The second-order valence-corrected chi connectivity index (χ2v) is 4.70. The molecule has 1 aliphatic heterocycles. The molecule has 0 radical (unpaired) electrons. The highest BCUT2D eigenvalue weighted by molar-refractivity contribution is 9.10. The molecule has 0 bridgehead atoms. The molecule has 1 aromatic rings. The van der Waals surface area contributed by atoms with Gasteiger partial charge in [-0.3, -0.25) is 14.5 Å². The number of aliphatic carboxylic acids is 1. The highest BCUT2D eigenvalue weighted by Gasteiger charge is 2.36. The Kier molecular flexibility index (Phi) is 3.30. The number of amides is 1. The van der Waals surface area contributed by atoms with Crippen molar-refractivity contribution in [1.82, 2.24) is 9.97 Å². The summed E-state index contributed by atoms with van der Waals surface area (Å²) in [6.07, 6.45) is 1.20. The summed E-state index contributed by atoms with van der Waals surface area (Å²) < 4.78 is 0.390. The van der Waals surface area contributed by atoms with Crippen molar-refractivity contribution >= 4 is 45.2 Å². The quantitative estimate of drug-likeness (QED) is 0.831. The fourth-order valence-electron chi connectivity index (χ4n) is 1.61. The molecule has 0 aromatic carbocycles. The maximum atomic E-state index is 11.7. The maximum absolute atomic E-state index is 11.7. The van der Waals surface area contributed by atoms with Gasteiger partial charge in [-0.25, -0.2) is 9.97 Å². The van der Waals surface area contributed by atoms with E-state index in [0.717, 1.165) is 0 Å². The Bertz CT molecular complexity index is 496. The Morgan fingerprint density at radius 1 is 1.59 bits per heavy atom. The number of hydrogen-bond donors (Lipinski definition) is 1. The van der Waals surface area contributed by atoms with Crippen LogP contribution in [0.2, 0.25) is 5.15 Å². The van der Waals surface area contributed by atoms with Crippen LogP contribution in [-0.2, 0) is 9.59 Å². The molecule has 1 amide bonds. The topological polar surface area (TPSA) is 83.4 Å². The average Bonchev–Trinajstić information content (AvgIpc) is 2.65. The van der Waals surface area contributed by atoms with E-state index >= 15 is 0 Å². The van der Waals surface area contributed by atoms with Crippen LogP contribution >= 0.6 is 27.5 Å². The Balaban J connectivity index is 2.32. The summed E-state index contributed by atoms with van der Waals surface area (Å²) in [5.74, 6) is -1.67. The van der Waals surface area contributed by atoms with E-state index in [2.05, 4.69) is 25.9 Å². The third kappa shape index (κ3) is 2.25. The van der Waals surface area contributed by atoms with Crippen LogP contribution in [-0.4, -0.2) is 33.5 Å². The van der Waals surface area contributed by atoms with Crippen LogP contribution in [0.4, 0.5) is 5.82 Å². The van der Waals surface area contributed by atoms with Crippen molar-refractivity contribution in [2.45, 2.75) is 6.42 Å². The maximum Gasteiger partial charge on any atom is 0.308 e. The van der Waals surface area contributed by atoms with Crippen LogP contribution in [0.25, 0.3) is 0 Å². The van der Waals surface area contributed by atoms with Crippen LogP contribution < -0.4 is 4.90 Å². The molecule has 1 atom stereocenters. The normalized spacial score (nSPS) is 19.8. The molecule has 6 nitrogen and oxygen atoms in total. The number of hydrogen-bond acceptors (Lipinski definition) is 4. The van der Waals surface area contributed by atoms with E-state index in [1.54, 1.807) is 0 Å². The van der Waals surface area contributed by atoms with E-state index in [-0.39, 0.29) is 24.0 Å². The summed E-state index contributed by atoms with van der Waals surface area (Å²) in [4.78, 5) is 31.5. The van der Waals surface area contributed by atoms with E-state index in [1.165, 1.54) is 11.2 Å². The number of carboxylic acid groups (broad SMARTS) is 1. The molecular formula is C9H7BrClN3O3. The van der Waals surface area contributed by atoms with Crippen molar-refractivity contribution in [2.75, 3.05) is 11.4 Å². The molecule has 1 aliphatic rings. The number of halogens is 2. The van der Waals surface area contributed by atoms with Crippen LogP contribution in [0.1, 0.15) is 6.42 Å². The van der Waals surface area contributed by atoms with Crippen LogP contribution in [0.5, 0.6) is 0 Å². The zero-order valence-electron chi connectivity index (χ0n) is 8.43. The molecule has 1 unspecified atom stereocenters. The van der Waals surface area contributed by atoms with Crippen LogP contribution in [0, 0.1) is 5.92 Å². The second kappa shape index (κ2) is 4.58. The first-order valence-corrected chi connectivity index (χ1v) is 5.87. The molecule has 90 valence electrons. The van der Waals surface area contributed by atoms with E-state index < -0.39 is 11.9 Å². The zero-order chi connectivity index (χ0) is 12.6. The molecule has 1 N–H and O–H groups in total. The molecule has 1 fully saturated rings. The van der Waals surface area contributed by atoms with E-state index in [9.17, 15) is 9.59 Å². The minimum Gasteiger partial charge on any atom is -0.481 e. The van der Waals surface area contributed by atoms with Crippen molar-refractivity contribution in [1.29, 1.82) is 0 Å². The van der Waals surface area contributed by atoms with E-state index in [1.807, 2.05) is 0 Å². The van der Waals surface area contributed by atoms with Gasteiger partial charge in [0.15, 0.2) is 5.82 Å². The van der Waals surface area contributed by atoms with Crippen molar-refractivity contribution in [2.24, 2.45) is 5.92 Å². The number of anilines is 1. The van der Waals surface area contributed by atoms with Crippen molar-refractivity contribution in [3.05, 3.63) is 16.0 Å². The smallest absolute Gasteiger partial charge is 0.308 e. The van der Waals surface area contributed by atoms with Crippen molar-refractivity contribution in [3.63, 3.8) is 0 Å². The van der Waals surface area contributed by atoms with Crippen LogP contribution in [0.3, 0.4) is 0 Å². The summed E-state index contributed by atoms with van der Waals surface area (Å²) in [5, 5.41) is 9.05. The molecule has 2 rings (SSSR count). The Morgan fingerprint density at radius 3 is 2.88 bits per heavy atom. The molecule has 17 heavy (non-hydrogen) atoms. The first-order chi connectivity index (χ1) is 8.00. The fraction of sp³-hybridized carbons (Fsp3) is 0.333. The first kappa shape index (κ1) is 12.3. The Morgan fingerprint density at radius 2 is 2.29 bits per heavy atom. The number of carbonyl (C=O) groups excluding carboxylic acids is 1. The SMILES string of the molecule is O=C(O)C1CC(=O)N(c2ncnc(Cl)c2Br)C1. The first-order valence-electron chi connectivity index (χ1n) is 4.70. The fourth-order valence-corrected chi connectivity index (χ4v) is 2.15. The predicted molar refractivity (Wildman–Crippen MR) is 62.8 cm³/mol. The monoisotopic (exact) mass is 319 g/mol. The summed E-state index contributed by atoms with van der Waals surface area (Å²) in [6.45, 7) is 0.0973. The van der Waals surface area contributed by atoms with E-state index in [4.69, 9.17) is 16.7 Å². The van der Waals surface area contributed by atoms with Gasteiger partial charge in [0, 0.05) is 13.0 Å². The van der Waals surface area contributed by atoms with Gasteiger partial charge in [0.25, 0.3) is 0 Å². The third-order valence-electron chi connectivity index (χ3n) is 2.46. The highest BCUT2D eigenvalue weighted by Crippen LogP contribution is 2.32. The van der Waals surface area contributed by atoms with Gasteiger partial charge in [0.2, 0.25) is 5.91 Å². The lowest BCUT2D eigenvalue weighted by Crippen LogP contribution is -2.27. The largest absolute Gasteiger partial charge is 0.481 e. The average molecular weight is 321 g/mol. The predicted octanol–water partition coefficient (Wildman–Crippen LogP) is 1.33. The lowest BCUT2D eigenvalue weighted by molar-refractivity contribution is -0.141. The number of nitrogens with zero attached hydrogens (tertiary/aromatic N) is 3. The lowest BCUT2D eigenvalue weighted by Gasteiger charge is -2.16. The Labute approximate surface area is 110 Å². The minimum absolute atomic E-state index is 0.0244. The van der Waals surface area contributed by atoms with Gasteiger partial charge in [0.1, 0.15) is 11.5 Å². The number of rotatable bonds is 2. The molecule has 2 heterocycles. The Hall–Kier alpha value is -1.21. The van der Waals surface area contributed by atoms with Gasteiger partial charge in [-0.15, -0.1) is 0 Å². The molecule has 1 saturated heterocycles. The molecular weight excluding hydrogens is 313 g/mol. The van der Waals surface area contributed by atoms with Crippen LogP contribution in [0.15, 0.2) is 10.8 Å². The minimum atomic E-state index is -0.989. The summed E-state index contributed by atoms with van der Waals surface area (Å²) >= 11 is 8.96. The highest BCUT2D eigenvalue weighted by atomic mass is 79.9. The third-order valence-corrected chi connectivity index (χ3v) is 3.70. The number of carbonyl (C=O) groups is 2. The van der Waals surface area contributed by atoms with Crippen molar-refractivity contribution in [3.8, 4) is 0 Å². The van der Waals surface area contributed by atoms with Gasteiger partial charge >= 0.3 is 5.97 Å². The standard InChI is InChI=1S/C9H7BrClN3O3/c10-6-7(11)12-3-13-8(6)14-2-4(9(16)17)1-5(14)15/h3-4H,1-2H2,(H,16,17). The van der Waals surface area contributed by atoms with Gasteiger partial charge in [-0.1, -0.05) is 11.6 Å². The molecule has 0 spiro atoms. The second-order valence-electron chi connectivity index (χ2n) is 3.55. The molecule has 0 aliphatic carbocycles. The van der Waals surface area contributed by atoms with Gasteiger partial charge < -0.3 is 5.11 Å². The lowest BCUT2D eigenvalue weighted by atomic mass is 10.1. The number of carboxylic acids is 1. The van der Waals surface area contributed by atoms with Gasteiger partial charge in [0.05, 0.1) is 10.4 Å². The molecule has 0 saturated carbocycles. The summed E-state index contributed by atoms with van der Waals surface area (Å²) in [7, 11) is 0. The zero-order valence-corrected chi connectivity index (χ0v) is 10.8. The van der Waals surface area contributed by atoms with Gasteiger partial charge in [-0.05, 0) is 15.9 Å². The molecule has 8 heteroatoms. The summed E-state index contributed by atoms with van der Waals surface area (Å²) in [6, 6.07) is 0. The van der Waals surface area contributed by atoms with E-state index in [0.29, 0.717) is 10.3 Å². The van der Waals surface area contributed by atoms with Crippen molar-refractivity contribution < 1.29 is 14.7 Å². The number of aromatic nitrogens is 2. The van der Waals surface area contributed by atoms with Gasteiger partial charge in [-0.2, -0.15) is 0 Å². The summed E-state index contributed by atoms with van der Waals surface area (Å²) in [5.41, 5.74) is 0. The molecule has 1 aromatic heterocycles.